The number of nitrogens with zero attached hydrogens (tertiary/aromatic N) is 2. The summed E-state index contributed by atoms with van der Waals surface area (Å²) in [5.74, 6) is 1.00. The first-order valence-corrected chi connectivity index (χ1v) is 13.0. The number of hydrogen-bond donors (Lipinski definition) is 2. The van der Waals surface area contributed by atoms with Crippen molar-refractivity contribution in [2.45, 2.75) is 24.2 Å². The zero-order chi connectivity index (χ0) is 25.0. The molecular weight excluding hydrogens is 464 g/mol. The number of H-pyrrole nitrogens is 1. The maximum atomic E-state index is 13.0. The molecule has 0 bridgehead atoms. The second-order valence-electron chi connectivity index (χ2n) is 10.4. The predicted octanol–water partition coefficient (Wildman–Crippen LogP) is 4.49. The molecule has 2 N–H and O–H groups in total. The molecule has 1 aromatic heterocycles. The SMILES string of the molecule is COc1ccc2c(c1)C1(C[C@H]1c1ccc3c(-c4ccc(CCN5CCOCC5)cc4)n[nH]c3c1)C(=O)N2. The highest BCUT2D eigenvalue weighted by Gasteiger charge is 2.65. The number of fused-ring (bicyclic) bond motifs is 3. The molecule has 7 rings (SSSR count). The van der Waals surface area contributed by atoms with Crippen molar-refractivity contribution >= 4 is 22.5 Å². The molecular formula is C30H30N4O3. The summed E-state index contributed by atoms with van der Waals surface area (Å²) in [5.41, 5.74) is 6.99. The number of carbonyl (C=O) groups is 1. The van der Waals surface area contributed by atoms with Crippen LogP contribution < -0.4 is 10.1 Å². The van der Waals surface area contributed by atoms with Gasteiger partial charge in [0.15, 0.2) is 0 Å². The standard InChI is InChI=1S/C30H30N4O3/c1-36-22-7-9-26-24(17-22)30(29(35)31-26)18-25(30)21-6-8-23-27(16-21)32-33-28(23)20-4-2-19(3-5-20)10-11-34-12-14-37-15-13-34/h2-9,16-17,25H,10-15,18H2,1H3,(H,31,35)(H,32,33)/t25-,30?/m0/s1. The largest absolute Gasteiger partial charge is 0.497 e. The summed E-state index contributed by atoms with van der Waals surface area (Å²) in [7, 11) is 1.66. The molecule has 7 nitrogen and oxygen atoms in total. The maximum absolute atomic E-state index is 13.0. The molecule has 1 spiro atoms. The minimum atomic E-state index is -0.503. The van der Waals surface area contributed by atoms with Gasteiger partial charge in [0.05, 0.1) is 36.9 Å². The van der Waals surface area contributed by atoms with E-state index in [9.17, 15) is 4.79 Å². The number of ether oxygens (including phenoxy) is 2. The summed E-state index contributed by atoms with van der Waals surface area (Å²) in [6.07, 6.45) is 1.84. The second kappa shape index (κ2) is 8.71. The smallest absolute Gasteiger partial charge is 0.235 e. The molecule has 37 heavy (non-hydrogen) atoms. The highest BCUT2D eigenvalue weighted by atomic mass is 16.5. The molecule has 2 aliphatic heterocycles. The van der Waals surface area contributed by atoms with E-state index in [1.54, 1.807) is 7.11 Å². The number of hydrogen-bond acceptors (Lipinski definition) is 5. The molecule has 3 aromatic carbocycles. The Hall–Kier alpha value is -3.68. The van der Waals surface area contributed by atoms with Crippen molar-refractivity contribution < 1.29 is 14.3 Å². The molecule has 1 amide bonds. The van der Waals surface area contributed by atoms with Crippen molar-refractivity contribution in [3.05, 3.63) is 77.4 Å². The number of aromatic nitrogens is 2. The van der Waals surface area contributed by atoms with Gasteiger partial charge >= 0.3 is 0 Å². The number of aromatic amines is 1. The number of amides is 1. The Balaban J connectivity index is 1.11. The number of carbonyl (C=O) groups excluding carboxylic acids is 1. The van der Waals surface area contributed by atoms with Crippen molar-refractivity contribution in [3.63, 3.8) is 0 Å². The Morgan fingerprint density at radius 3 is 2.73 bits per heavy atom. The molecule has 1 unspecified atom stereocenters. The summed E-state index contributed by atoms with van der Waals surface area (Å²) >= 11 is 0. The van der Waals surface area contributed by atoms with Gasteiger partial charge in [-0.15, -0.1) is 0 Å². The third-order valence-corrected chi connectivity index (χ3v) is 8.36. The zero-order valence-corrected chi connectivity index (χ0v) is 20.9. The third-order valence-electron chi connectivity index (χ3n) is 8.36. The number of nitrogens with one attached hydrogen (secondary N) is 2. The van der Waals surface area contributed by atoms with Crippen molar-refractivity contribution in [1.82, 2.24) is 15.1 Å². The van der Waals surface area contributed by atoms with Gasteiger partial charge in [0.1, 0.15) is 5.75 Å². The van der Waals surface area contributed by atoms with Gasteiger partial charge in [-0.25, -0.2) is 0 Å². The molecule has 1 saturated heterocycles. The average molecular weight is 495 g/mol. The Labute approximate surface area is 215 Å². The van der Waals surface area contributed by atoms with E-state index in [4.69, 9.17) is 9.47 Å². The predicted molar refractivity (Wildman–Crippen MR) is 143 cm³/mol. The molecule has 0 radical (unpaired) electrons. The van der Waals surface area contributed by atoms with Crippen LogP contribution in [0, 0.1) is 0 Å². The zero-order valence-electron chi connectivity index (χ0n) is 20.9. The lowest BCUT2D eigenvalue weighted by molar-refractivity contribution is -0.118. The van der Waals surface area contributed by atoms with Gasteiger partial charge < -0.3 is 14.8 Å². The van der Waals surface area contributed by atoms with E-state index >= 15 is 0 Å². The molecule has 2 atom stereocenters. The van der Waals surface area contributed by atoms with Gasteiger partial charge in [-0.1, -0.05) is 36.4 Å². The molecule has 7 heteroatoms. The topological polar surface area (TPSA) is 79.5 Å². The van der Waals surface area contributed by atoms with E-state index in [1.165, 1.54) is 5.56 Å². The molecule has 1 aliphatic carbocycles. The van der Waals surface area contributed by atoms with Crippen LogP contribution in [-0.2, 0) is 21.4 Å². The van der Waals surface area contributed by atoms with E-state index in [0.717, 1.165) is 90.4 Å². The number of benzene rings is 3. The fourth-order valence-electron chi connectivity index (χ4n) is 6.11. The first-order valence-electron chi connectivity index (χ1n) is 13.0. The van der Waals surface area contributed by atoms with Gasteiger partial charge in [0.2, 0.25) is 5.91 Å². The number of methoxy groups -OCH3 is 1. The third kappa shape index (κ3) is 3.72. The normalized spacial score (nSPS) is 22.8. The van der Waals surface area contributed by atoms with Gasteiger partial charge in [-0.2, -0.15) is 5.10 Å². The molecule has 4 aromatic rings. The van der Waals surface area contributed by atoms with Crippen LogP contribution in [0.15, 0.2) is 60.7 Å². The van der Waals surface area contributed by atoms with Crippen molar-refractivity contribution in [2.24, 2.45) is 0 Å². The van der Waals surface area contributed by atoms with E-state index in [2.05, 4.69) is 62.9 Å². The highest BCUT2D eigenvalue weighted by molar-refractivity contribution is 6.10. The molecule has 3 aliphatic rings. The first-order chi connectivity index (χ1) is 18.2. The lowest BCUT2D eigenvalue weighted by Gasteiger charge is -2.26. The highest BCUT2D eigenvalue weighted by Crippen LogP contribution is 2.65. The lowest BCUT2D eigenvalue weighted by atomic mass is 9.91. The van der Waals surface area contributed by atoms with E-state index in [0.29, 0.717) is 0 Å². The van der Waals surface area contributed by atoms with Crippen molar-refractivity contribution in [3.8, 4) is 17.0 Å². The number of morpholine rings is 1. The Kier molecular flexibility index (Phi) is 5.30. The second-order valence-corrected chi connectivity index (χ2v) is 10.4. The van der Waals surface area contributed by atoms with Crippen LogP contribution >= 0.6 is 0 Å². The molecule has 2 fully saturated rings. The summed E-state index contributed by atoms with van der Waals surface area (Å²) in [6.45, 7) is 4.78. The summed E-state index contributed by atoms with van der Waals surface area (Å²) in [5, 5.41) is 12.1. The van der Waals surface area contributed by atoms with Crippen molar-refractivity contribution in [1.29, 1.82) is 0 Å². The van der Waals surface area contributed by atoms with Gasteiger partial charge in [-0.05, 0) is 53.8 Å². The molecule has 188 valence electrons. The van der Waals surface area contributed by atoms with Crippen LogP contribution in [0.5, 0.6) is 5.75 Å². The number of anilines is 1. The summed E-state index contributed by atoms with van der Waals surface area (Å²) in [6, 6.07) is 21.1. The van der Waals surface area contributed by atoms with Crippen LogP contribution in [0.4, 0.5) is 5.69 Å². The number of rotatable bonds is 6. The van der Waals surface area contributed by atoms with Crippen LogP contribution in [-0.4, -0.2) is 61.0 Å². The van der Waals surface area contributed by atoms with E-state index in [-0.39, 0.29) is 11.8 Å². The Bertz CT molecular complexity index is 1490. The molecule has 3 heterocycles. The minimum absolute atomic E-state index is 0.0832. The first kappa shape index (κ1) is 22.5. The van der Waals surface area contributed by atoms with Crippen LogP contribution in [0.1, 0.15) is 29.0 Å². The Morgan fingerprint density at radius 1 is 1.08 bits per heavy atom. The minimum Gasteiger partial charge on any atom is -0.497 e. The van der Waals surface area contributed by atoms with E-state index < -0.39 is 5.41 Å². The Morgan fingerprint density at radius 2 is 1.92 bits per heavy atom. The average Bonchev–Trinajstić information content (AvgIpc) is 3.47. The lowest BCUT2D eigenvalue weighted by Crippen LogP contribution is -2.37. The monoisotopic (exact) mass is 494 g/mol. The van der Waals surface area contributed by atoms with Crippen LogP contribution in [0.3, 0.4) is 0 Å². The quantitative estimate of drug-likeness (QED) is 0.413. The van der Waals surface area contributed by atoms with Crippen LogP contribution in [0.25, 0.3) is 22.2 Å². The fourth-order valence-corrected chi connectivity index (χ4v) is 6.11. The fraction of sp³-hybridized carbons (Fsp3) is 0.333. The van der Waals surface area contributed by atoms with Gasteiger partial charge in [0, 0.05) is 42.2 Å². The molecule has 1 saturated carbocycles. The summed E-state index contributed by atoms with van der Waals surface area (Å²) in [4.78, 5) is 15.5. The van der Waals surface area contributed by atoms with Crippen molar-refractivity contribution in [2.75, 3.05) is 45.3 Å². The van der Waals surface area contributed by atoms with E-state index in [1.807, 2.05) is 18.2 Å². The maximum Gasteiger partial charge on any atom is 0.235 e. The summed E-state index contributed by atoms with van der Waals surface area (Å²) < 4.78 is 10.9. The van der Waals surface area contributed by atoms with Crippen LogP contribution in [0.2, 0.25) is 0 Å². The van der Waals surface area contributed by atoms with Gasteiger partial charge in [0.25, 0.3) is 0 Å². The van der Waals surface area contributed by atoms with Gasteiger partial charge in [-0.3, -0.25) is 14.8 Å².